The predicted octanol–water partition coefficient (Wildman–Crippen LogP) is 7.97. The Labute approximate surface area is 327 Å². The number of morpholine rings is 1. The van der Waals surface area contributed by atoms with Crippen LogP contribution in [-0.4, -0.2) is 74.7 Å². The molecule has 1 fully saturated rings. The molecule has 3 amide bonds. The van der Waals surface area contributed by atoms with Crippen LogP contribution in [0.2, 0.25) is 0 Å². The minimum atomic E-state index is -0.660. The topological polar surface area (TPSA) is 154 Å². The van der Waals surface area contributed by atoms with E-state index in [0.29, 0.717) is 47.0 Å². The Morgan fingerprint density at radius 3 is 2.30 bits per heavy atom. The molecule has 6 rings (SSSR count). The van der Waals surface area contributed by atoms with Gasteiger partial charge in [0.25, 0.3) is 5.91 Å². The summed E-state index contributed by atoms with van der Waals surface area (Å²) in [6.07, 6.45) is 3.44. The number of Topliss-reactive ketones (excluding diaryl/α,β-unsaturated/α-hetero) is 1. The first-order chi connectivity index (χ1) is 26.9. The van der Waals surface area contributed by atoms with Gasteiger partial charge in [-0.2, -0.15) is 0 Å². The first-order valence-electron chi connectivity index (χ1n) is 18.7. The molecule has 0 spiro atoms. The van der Waals surface area contributed by atoms with Crippen LogP contribution in [0.25, 0.3) is 10.8 Å². The summed E-state index contributed by atoms with van der Waals surface area (Å²) in [5.74, 6) is 1.32. The third-order valence-corrected chi connectivity index (χ3v) is 9.75. The molecule has 0 unspecified atom stereocenters. The molecule has 0 saturated carbocycles. The fraction of sp³-hybridized carbons (Fsp3) is 0.318. The van der Waals surface area contributed by atoms with Gasteiger partial charge in [-0.15, -0.1) is 0 Å². The number of nitrogens with zero attached hydrogens (tertiary/aromatic N) is 2. The lowest BCUT2D eigenvalue weighted by Crippen LogP contribution is -2.36. The molecule has 4 aromatic carbocycles. The Kier molecular flexibility index (Phi) is 12.5. The van der Waals surface area contributed by atoms with Crippen molar-refractivity contribution in [3.8, 4) is 23.0 Å². The summed E-state index contributed by atoms with van der Waals surface area (Å²) in [6, 6.07) is 23.5. The number of rotatable bonds is 14. The monoisotopic (exact) mass is 759 g/mol. The normalized spacial score (nSPS) is 13.2. The van der Waals surface area contributed by atoms with Crippen molar-refractivity contribution >= 4 is 39.9 Å². The number of nitrogens with two attached hydrogens (primary N) is 1. The zero-order valence-corrected chi connectivity index (χ0v) is 32.6. The molecule has 4 N–H and O–H groups in total. The van der Waals surface area contributed by atoms with Crippen LogP contribution in [-0.2, 0) is 16.6 Å². The van der Waals surface area contributed by atoms with Crippen LogP contribution in [0.3, 0.4) is 0 Å². The van der Waals surface area contributed by atoms with Crippen LogP contribution >= 0.6 is 0 Å². The number of hydrogen-bond donors (Lipinski definition) is 3. The minimum absolute atomic E-state index is 0.0640. The fourth-order valence-corrected chi connectivity index (χ4v) is 6.75. The molecule has 292 valence electrons. The molecule has 1 aliphatic rings. The number of primary amides is 1. The van der Waals surface area contributed by atoms with Crippen LogP contribution in [0.1, 0.15) is 71.1 Å². The lowest BCUT2D eigenvalue weighted by atomic mass is 9.85. The number of nitrogens with one attached hydrogen (secondary N) is 2. The van der Waals surface area contributed by atoms with Gasteiger partial charge < -0.3 is 35.3 Å². The molecule has 0 aliphatic carbocycles. The second kappa shape index (κ2) is 17.7. The first-order valence-corrected chi connectivity index (χ1v) is 18.7. The number of anilines is 2. The van der Waals surface area contributed by atoms with E-state index in [1.54, 1.807) is 43.6 Å². The number of carbonyl (C=O) groups is 3. The molecule has 56 heavy (non-hydrogen) atoms. The molecule has 0 bridgehead atoms. The van der Waals surface area contributed by atoms with Gasteiger partial charge in [0.1, 0.15) is 17.2 Å². The van der Waals surface area contributed by atoms with Crippen molar-refractivity contribution in [2.45, 2.75) is 45.4 Å². The highest BCUT2D eigenvalue weighted by Gasteiger charge is 2.23. The standard InChI is InChI=1S/C44H49N5O7/c1-44(2,3)29-25-35(42(45)51)41(54-5)37(26-29)48-43(52)47-36-14-15-39(33-10-7-6-9-32(33)36)56-31-16-17-46-30(27-31)23-28-12-13-34(40(24-28)53-4)38(50)11-8-18-49-19-21-55-22-20-49/h6-7,9-10,12-17,24-27H,8,11,18-23H2,1-5H3,(H2,45,51)(H2,47,48,52). The largest absolute Gasteiger partial charge is 0.496 e. The van der Waals surface area contributed by atoms with Gasteiger partial charge in [0.05, 0.1) is 49.9 Å². The average Bonchev–Trinajstić information content (AvgIpc) is 3.18. The Bertz CT molecular complexity index is 2230. The Hall–Kier alpha value is -5.98. The van der Waals surface area contributed by atoms with Gasteiger partial charge in [-0.05, 0) is 72.0 Å². The van der Waals surface area contributed by atoms with Gasteiger partial charge in [-0.1, -0.05) is 51.1 Å². The molecule has 2 heterocycles. The van der Waals surface area contributed by atoms with Crippen molar-refractivity contribution < 1.29 is 33.3 Å². The SMILES string of the molecule is COc1cc(Cc2cc(Oc3ccc(NC(=O)Nc4cc(C(C)(C)C)cc(C(N)=O)c4OC)c4ccccc34)ccn2)ccc1C(=O)CCCN1CCOCC1. The number of urea groups is 1. The first kappa shape index (κ1) is 39.7. The van der Waals surface area contributed by atoms with Crippen molar-refractivity contribution in [2.24, 2.45) is 5.73 Å². The summed E-state index contributed by atoms with van der Waals surface area (Å²) in [4.78, 5) is 45.7. The van der Waals surface area contributed by atoms with E-state index in [4.69, 9.17) is 24.7 Å². The van der Waals surface area contributed by atoms with Gasteiger partial charge in [-0.3, -0.25) is 19.5 Å². The van der Waals surface area contributed by atoms with Crippen molar-refractivity contribution in [1.82, 2.24) is 9.88 Å². The highest BCUT2D eigenvalue weighted by molar-refractivity contribution is 6.09. The lowest BCUT2D eigenvalue weighted by Gasteiger charge is -2.26. The fourth-order valence-electron chi connectivity index (χ4n) is 6.75. The number of amides is 3. The number of methoxy groups -OCH3 is 2. The van der Waals surface area contributed by atoms with E-state index in [1.807, 2.05) is 69.3 Å². The molecule has 1 aromatic heterocycles. The molecule has 5 aromatic rings. The van der Waals surface area contributed by atoms with E-state index in [2.05, 4.69) is 20.5 Å². The smallest absolute Gasteiger partial charge is 0.323 e. The average molecular weight is 760 g/mol. The van der Waals surface area contributed by atoms with E-state index >= 15 is 0 Å². The van der Waals surface area contributed by atoms with Crippen molar-refractivity contribution in [1.29, 1.82) is 0 Å². The predicted molar refractivity (Wildman–Crippen MR) is 218 cm³/mol. The van der Waals surface area contributed by atoms with Gasteiger partial charge in [0.15, 0.2) is 11.5 Å². The number of hydrogen-bond acceptors (Lipinski definition) is 9. The Morgan fingerprint density at radius 2 is 1.59 bits per heavy atom. The number of ketones is 1. The van der Waals surface area contributed by atoms with E-state index in [-0.39, 0.29) is 22.5 Å². The highest BCUT2D eigenvalue weighted by atomic mass is 16.5. The second-order valence-corrected chi connectivity index (χ2v) is 14.7. The van der Waals surface area contributed by atoms with Crippen LogP contribution in [0.15, 0.2) is 85.1 Å². The van der Waals surface area contributed by atoms with Crippen LogP contribution in [0.5, 0.6) is 23.0 Å². The Balaban J connectivity index is 1.14. The van der Waals surface area contributed by atoms with Gasteiger partial charge in [0, 0.05) is 54.7 Å². The van der Waals surface area contributed by atoms with Crippen molar-refractivity contribution in [3.05, 3.63) is 113 Å². The summed E-state index contributed by atoms with van der Waals surface area (Å²) in [5, 5.41) is 7.32. The van der Waals surface area contributed by atoms with E-state index in [0.717, 1.165) is 66.9 Å². The third-order valence-electron chi connectivity index (χ3n) is 9.75. The summed E-state index contributed by atoms with van der Waals surface area (Å²) in [7, 11) is 3.01. The third kappa shape index (κ3) is 9.63. The maximum absolute atomic E-state index is 13.4. The van der Waals surface area contributed by atoms with Gasteiger partial charge in [-0.25, -0.2) is 4.79 Å². The quantitative estimate of drug-likeness (QED) is 0.0957. The summed E-state index contributed by atoms with van der Waals surface area (Å²) < 4.78 is 23.0. The number of aromatic nitrogens is 1. The van der Waals surface area contributed by atoms with E-state index in [9.17, 15) is 14.4 Å². The number of carbonyl (C=O) groups excluding carboxylic acids is 3. The number of fused-ring (bicyclic) bond motifs is 1. The molecule has 12 heteroatoms. The summed E-state index contributed by atoms with van der Waals surface area (Å²) in [5.41, 5.74) is 9.51. The van der Waals surface area contributed by atoms with Crippen LogP contribution < -0.4 is 30.6 Å². The second-order valence-electron chi connectivity index (χ2n) is 14.7. The number of ether oxygens (including phenoxy) is 4. The van der Waals surface area contributed by atoms with Crippen LogP contribution in [0, 0.1) is 0 Å². The van der Waals surface area contributed by atoms with Crippen molar-refractivity contribution in [3.63, 3.8) is 0 Å². The zero-order chi connectivity index (χ0) is 39.8. The maximum atomic E-state index is 13.4. The molecule has 1 saturated heterocycles. The van der Waals surface area contributed by atoms with E-state index in [1.165, 1.54) is 7.11 Å². The maximum Gasteiger partial charge on any atom is 0.323 e. The molecular formula is C44H49N5O7. The number of pyridine rings is 1. The molecule has 0 atom stereocenters. The lowest BCUT2D eigenvalue weighted by molar-refractivity contribution is 0.0371. The van der Waals surface area contributed by atoms with Crippen LogP contribution in [0.4, 0.5) is 16.2 Å². The van der Waals surface area contributed by atoms with Crippen molar-refractivity contribution in [2.75, 3.05) is 57.7 Å². The highest BCUT2D eigenvalue weighted by Crippen LogP contribution is 2.37. The molecule has 0 radical (unpaired) electrons. The number of benzene rings is 4. The van der Waals surface area contributed by atoms with Gasteiger partial charge in [0.2, 0.25) is 0 Å². The molecule has 12 nitrogen and oxygen atoms in total. The summed E-state index contributed by atoms with van der Waals surface area (Å²) >= 11 is 0. The zero-order valence-electron chi connectivity index (χ0n) is 32.6. The van der Waals surface area contributed by atoms with E-state index < -0.39 is 11.9 Å². The molecular weight excluding hydrogens is 711 g/mol. The summed E-state index contributed by atoms with van der Waals surface area (Å²) in [6.45, 7) is 10.2. The Morgan fingerprint density at radius 1 is 0.839 bits per heavy atom. The minimum Gasteiger partial charge on any atom is -0.496 e. The van der Waals surface area contributed by atoms with Gasteiger partial charge >= 0.3 is 6.03 Å². The molecule has 1 aliphatic heterocycles.